The normalized spacial score (nSPS) is 12.4. The van der Waals surface area contributed by atoms with Gasteiger partial charge in [0.05, 0.1) is 25.7 Å². The van der Waals surface area contributed by atoms with Gasteiger partial charge in [-0.3, -0.25) is 4.79 Å². The van der Waals surface area contributed by atoms with E-state index in [9.17, 15) is 4.79 Å². The highest BCUT2D eigenvalue weighted by molar-refractivity contribution is 5.72. The number of esters is 1. The van der Waals surface area contributed by atoms with Crippen molar-refractivity contribution < 1.29 is 19.4 Å². The summed E-state index contributed by atoms with van der Waals surface area (Å²) >= 11 is 0. The fraction of sp³-hybridized carbons (Fsp3) is 0.917. The van der Waals surface area contributed by atoms with E-state index in [0.717, 1.165) is 25.7 Å². The molecule has 0 saturated heterocycles. The van der Waals surface area contributed by atoms with Crippen LogP contribution in [-0.4, -0.2) is 37.5 Å². The molecule has 0 spiro atoms. The first kappa shape index (κ1) is 15.4. The van der Waals surface area contributed by atoms with Gasteiger partial charge in [-0.05, 0) is 12.8 Å². The molecule has 0 aromatic heterocycles. The van der Waals surface area contributed by atoms with Crippen molar-refractivity contribution in [3.05, 3.63) is 0 Å². The molecule has 96 valence electrons. The lowest BCUT2D eigenvalue weighted by Crippen LogP contribution is -2.19. The lowest BCUT2D eigenvalue weighted by Gasteiger charge is -2.13. The van der Waals surface area contributed by atoms with E-state index in [0.29, 0.717) is 13.2 Å². The highest BCUT2D eigenvalue weighted by Crippen LogP contribution is 2.14. The van der Waals surface area contributed by atoms with Crippen LogP contribution in [-0.2, 0) is 14.3 Å². The molecule has 0 rings (SSSR count). The third-order valence-corrected chi connectivity index (χ3v) is 2.44. The maximum Gasteiger partial charge on any atom is 0.308 e. The van der Waals surface area contributed by atoms with Gasteiger partial charge < -0.3 is 14.6 Å². The molecule has 0 bridgehead atoms. The lowest BCUT2D eigenvalue weighted by atomic mass is 10.00. The van der Waals surface area contributed by atoms with Crippen molar-refractivity contribution >= 4 is 5.97 Å². The van der Waals surface area contributed by atoms with E-state index < -0.39 is 0 Å². The standard InChI is InChI=1S/C12H24O4/c1-3-5-6-11(4-2)12(14)16-10-9-15-8-7-13/h11,13H,3-10H2,1-2H3. The van der Waals surface area contributed by atoms with Crippen LogP contribution in [0.15, 0.2) is 0 Å². The zero-order valence-corrected chi connectivity index (χ0v) is 10.4. The lowest BCUT2D eigenvalue weighted by molar-refractivity contribution is -0.150. The maximum atomic E-state index is 11.6. The maximum absolute atomic E-state index is 11.6. The Morgan fingerprint density at radius 1 is 1.25 bits per heavy atom. The zero-order valence-electron chi connectivity index (χ0n) is 10.4. The van der Waals surface area contributed by atoms with Crippen LogP contribution in [0.5, 0.6) is 0 Å². The van der Waals surface area contributed by atoms with Crippen LogP contribution in [0.2, 0.25) is 0 Å². The predicted octanol–water partition coefficient (Wildman–Crippen LogP) is 1.75. The summed E-state index contributed by atoms with van der Waals surface area (Å²) in [6.07, 6.45) is 3.90. The Bertz CT molecular complexity index is 170. The van der Waals surface area contributed by atoms with Crippen molar-refractivity contribution in [1.82, 2.24) is 0 Å². The molecule has 0 heterocycles. The van der Waals surface area contributed by atoms with E-state index in [2.05, 4.69) is 6.92 Å². The number of unbranched alkanes of at least 4 members (excludes halogenated alkanes) is 1. The zero-order chi connectivity index (χ0) is 12.2. The molecule has 0 aliphatic carbocycles. The molecule has 0 radical (unpaired) electrons. The minimum Gasteiger partial charge on any atom is -0.463 e. The van der Waals surface area contributed by atoms with E-state index in [-0.39, 0.29) is 25.1 Å². The quantitative estimate of drug-likeness (QED) is 0.460. The van der Waals surface area contributed by atoms with Crippen molar-refractivity contribution in [2.75, 3.05) is 26.4 Å². The third kappa shape index (κ3) is 7.65. The van der Waals surface area contributed by atoms with Gasteiger partial charge in [0.25, 0.3) is 0 Å². The molecule has 0 aliphatic rings. The second-order valence-corrected chi connectivity index (χ2v) is 3.75. The summed E-state index contributed by atoms with van der Waals surface area (Å²) in [7, 11) is 0. The topological polar surface area (TPSA) is 55.8 Å². The van der Waals surface area contributed by atoms with Gasteiger partial charge in [-0.1, -0.05) is 26.7 Å². The molecule has 1 atom stereocenters. The predicted molar refractivity (Wildman–Crippen MR) is 62.2 cm³/mol. The molecule has 1 N–H and O–H groups in total. The molecule has 0 aliphatic heterocycles. The van der Waals surface area contributed by atoms with Gasteiger partial charge in [-0.15, -0.1) is 0 Å². The van der Waals surface area contributed by atoms with E-state index in [1.54, 1.807) is 0 Å². The Hall–Kier alpha value is -0.610. The SMILES string of the molecule is CCCCC(CC)C(=O)OCCOCCO. The van der Waals surface area contributed by atoms with Gasteiger partial charge in [0.1, 0.15) is 6.61 Å². The molecular formula is C12H24O4. The first-order valence-electron chi connectivity index (χ1n) is 6.11. The molecular weight excluding hydrogens is 208 g/mol. The molecule has 0 saturated carbocycles. The Balaban J connectivity index is 3.58. The van der Waals surface area contributed by atoms with Gasteiger partial charge in [0.2, 0.25) is 0 Å². The summed E-state index contributed by atoms with van der Waals surface area (Å²) < 4.78 is 10.1. The summed E-state index contributed by atoms with van der Waals surface area (Å²) in [4.78, 5) is 11.6. The minimum absolute atomic E-state index is 0.00202. The molecule has 16 heavy (non-hydrogen) atoms. The van der Waals surface area contributed by atoms with E-state index in [4.69, 9.17) is 14.6 Å². The van der Waals surface area contributed by atoms with Crippen LogP contribution >= 0.6 is 0 Å². The fourth-order valence-corrected chi connectivity index (χ4v) is 1.42. The molecule has 0 amide bonds. The van der Waals surface area contributed by atoms with Crippen LogP contribution in [0.25, 0.3) is 0 Å². The Morgan fingerprint density at radius 3 is 2.56 bits per heavy atom. The first-order chi connectivity index (χ1) is 7.76. The molecule has 0 fully saturated rings. The van der Waals surface area contributed by atoms with Crippen LogP contribution in [0.1, 0.15) is 39.5 Å². The largest absolute Gasteiger partial charge is 0.463 e. The van der Waals surface area contributed by atoms with E-state index in [1.807, 2.05) is 6.92 Å². The van der Waals surface area contributed by atoms with Gasteiger partial charge >= 0.3 is 5.97 Å². The van der Waals surface area contributed by atoms with Gasteiger partial charge in [0, 0.05) is 0 Å². The Labute approximate surface area is 97.9 Å². The van der Waals surface area contributed by atoms with Crippen LogP contribution in [0, 0.1) is 5.92 Å². The van der Waals surface area contributed by atoms with Crippen molar-refractivity contribution in [2.45, 2.75) is 39.5 Å². The number of carbonyl (C=O) groups is 1. The summed E-state index contributed by atoms with van der Waals surface area (Å²) in [6.45, 7) is 5.05. The second kappa shape index (κ2) is 10.9. The Kier molecular flexibility index (Phi) is 10.5. The number of aliphatic hydroxyl groups is 1. The summed E-state index contributed by atoms with van der Waals surface area (Å²) in [5, 5.41) is 8.47. The number of hydrogen-bond acceptors (Lipinski definition) is 4. The molecule has 4 heteroatoms. The third-order valence-electron chi connectivity index (χ3n) is 2.44. The molecule has 0 aromatic carbocycles. The molecule has 4 nitrogen and oxygen atoms in total. The van der Waals surface area contributed by atoms with E-state index in [1.165, 1.54) is 0 Å². The van der Waals surface area contributed by atoms with Crippen LogP contribution < -0.4 is 0 Å². The highest BCUT2D eigenvalue weighted by Gasteiger charge is 2.16. The number of carbonyl (C=O) groups excluding carboxylic acids is 1. The number of aliphatic hydroxyl groups excluding tert-OH is 1. The van der Waals surface area contributed by atoms with Gasteiger partial charge in [-0.25, -0.2) is 0 Å². The molecule has 1 unspecified atom stereocenters. The van der Waals surface area contributed by atoms with Gasteiger partial charge in [-0.2, -0.15) is 0 Å². The fourth-order valence-electron chi connectivity index (χ4n) is 1.42. The summed E-state index contributed by atoms with van der Waals surface area (Å²) in [5.41, 5.74) is 0. The number of hydrogen-bond donors (Lipinski definition) is 1. The van der Waals surface area contributed by atoms with Gasteiger partial charge in [0.15, 0.2) is 0 Å². The second-order valence-electron chi connectivity index (χ2n) is 3.75. The first-order valence-corrected chi connectivity index (χ1v) is 6.11. The van der Waals surface area contributed by atoms with Crippen LogP contribution in [0.4, 0.5) is 0 Å². The smallest absolute Gasteiger partial charge is 0.308 e. The number of rotatable bonds is 10. The summed E-state index contributed by atoms with van der Waals surface area (Å²) in [5.74, 6) is -0.0960. The van der Waals surface area contributed by atoms with Crippen molar-refractivity contribution in [1.29, 1.82) is 0 Å². The monoisotopic (exact) mass is 232 g/mol. The number of ether oxygens (including phenoxy) is 2. The summed E-state index contributed by atoms with van der Waals surface area (Å²) in [6, 6.07) is 0. The average Bonchev–Trinajstić information content (AvgIpc) is 2.30. The van der Waals surface area contributed by atoms with Crippen molar-refractivity contribution in [2.24, 2.45) is 5.92 Å². The average molecular weight is 232 g/mol. The highest BCUT2D eigenvalue weighted by atomic mass is 16.6. The minimum atomic E-state index is -0.122. The Morgan fingerprint density at radius 2 is 2.00 bits per heavy atom. The van der Waals surface area contributed by atoms with Crippen molar-refractivity contribution in [3.8, 4) is 0 Å². The molecule has 0 aromatic rings. The van der Waals surface area contributed by atoms with Crippen LogP contribution in [0.3, 0.4) is 0 Å². The van der Waals surface area contributed by atoms with Crippen molar-refractivity contribution in [3.63, 3.8) is 0 Å². The van der Waals surface area contributed by atoms with E-state index >= 15 is 0 Å².